The number of ketones is 1. The molecule has 1 aromatic carbocycles. The van der Waals surface area contributed by atoms with Gasteiger partial charge >= 0.3 is 0 Å². The molecule has 2 aromatic rings. The highest BCUT2D eigenvalue weighted by molar-refractivity contribution is 9.10. The quantitative estimate of drug-likeness (QED) is 0.701. The monoisotopic (exact) mass is 441 g/mol. The van der Waals surface area contributed by atoms with Crippen molar-refractivity contribution in [3.8, 4) is 0 Å². The number of benzene rings is 1. The SMILES string of the molecule is O=C1C2=C(OC3CCCCC13)C(=O)N(Cc1ccco1)C2c1cccc(Br)c1. The Labute approximate surface area is 171 Å². The van der Waals surface area contributed by atoms with E-state index in [0.717, 1.165) is 35.7 Å². The van der Waals surface area contributed by atoms with E-state index in [1.165, 1.54) is 0 Å². The van der Waals surface area contributed by atoms with Crippen LogP contribution in [0, 0.1) is 5.92 Å². The highest BCUT2D eigenvalue weighted by Gasteiger charge is 2.52. The number of carbonyl (C=O) groups excluding carboxylic acids is 2. The molecule has 1 aromatic heterocycles. The predicted molar refractivity (Wildman–Crippen MR) is 105 cm³/mol. The number of Topliss-reactive ketones (excluding diaryl/α,β-unsaturated/α-hetero) is 1. The van der Waals surface area contributed by atoms with Crippen molar-refractivity contribution in [1.82, 2.24) is 4.90 Å². The fourth-order valence-electron chi connectivity index (χ4n) is 4.65. The third-order valence-electron chi connectivity index (χ3n) is 5.93. The molecule has 28 heavy (non-hydrogen) atoms. The Morgan fingerprint density at radius 3 is 2.75 bits per heavy atom. The molecule has 0 bridgehead atoms. The molecule has 1 amide bonds. The van der Waals surface area contributed by atoms with Crippen LogP contribution in [0.5, 0.6) is 0 Å². The van der Waals surface area contributed by atoms with E-state index in [0.29, 0.717) is 17.9 Å². The highest BCUT2D eigenvalue weighted by Crippen LogP contribution is 2.47. The van der Waals surface area contributed by atoms with Gasteiger partial charge in [0.15, 0.2) is 11.5 Å². The lowest BCUT2D eigenvalue weighted by atomic mass is 9.77. The number of fused-ring (bicyclic) bond motifs is 1. The molecule has 2 aliphatic heterocycles. The number of hydrogen-bond donors (Lipinski definition) is 0. The summed E-state index contributed by atoms with van der Waals surface area (Å²) in [6, 6.07) is 10.9. The van der Waals surface area contributed by atoms with E-state index in [4.69, 9.17) is 9.15 Å². The first-order valence-electron chi connectivity index (χ1n) is 9.67. The van der Waals surface area contributed by atoms with Crippen molar-refractivity contribution >= 4 is 27.6 Å². The van der Waals surface area contributed by atoms with E-state index in [1.54, 1.807) is 17.2 Å². The summed E-state index contributed by atoms with van der Waals surface area (Å²) < 4.78 is 12.5. The van der Waals surface area contributed by atoms with Gasteiger partial charge in [0.1, 0.15) is 11.9 Å². The highest BCUT2D eigenvalue weighted by atomic mass is 79.9. The predicted octanol–water partition coefficient (Wildman–Crippen LogP) is 4.54. The van der Waals surface area contributed by atoms with E-state index >= 15 is 0 Å². The van der Waals surface area contributed by atoms with Crippen LogP contribution in [-0.2, 0) is 20.9 Å². The summed E-state index contributed by atoms with van der Waals surface area (Å²) in [5.41, 5.74) is 1.41. The zero-order valence-corrected chi connectivity index (χ0v) is 16.9. The van der Waals surface area contributed by atoms with Crippen LogP contribution < -0.4 is 0 Å². The van der Waals surface area contributed by atoms with Gasteiger partial charge in [-0.15, -0.1) is 0 Å². The fraction of sp³-hybridized carbons (Fsp3) is 0.364. The molecular weight excluding hydrogens is 422 g/mol. The molecule has 3 unspecified atom stereocenters. The van der Waals surface area contributed by atoms with Crippen molar-refractivity contribution in [2.24, 2.45) is 5.92 Å². The van der Waals surface area contributed by atoms with Crippen LogP contribution in [0.4, 0.5) is 0 Å². The Bertz CT molecular complexity index is 965. The Kier molecular flexibility index (Phi) is 4.38. The molecule has 6 heteroatoms. The number of nitrogens with zero attached hydrogens (tertiary/aromatic N) is 1. The first kappa shape index (κ1) is 17.7. The van der Waals surface area contributed by atoms with Gasteiger partial charge in [0.25, 0.3) is 5.91 Å². The van der Waals surface area contributed by atoms with Crippen LogP contribution in [0.25, 0.3) is 0 Å². The minimum atomic E-state index is -0.458. The third-order valence-corrected chi connectivity index (χ3v) is 6.42. The molecule has 5 rings (SSSR count). The van der Waals surface area contributed by atoms with E-state index in [1.807, 2.05) is 30.3 Å². The molecule has 3 aliphatic rings. The van der Waals surface area contributed by atoms with Crippen molar-refractivity contribution in [2.75, 3.05) is 0 Å². The molecule has 5 nitrogen and oxygen atoms in total. The summed E-state index contributed by atoms with van der Waals surface area (Å²) >= 11 is 3.51. The van der Waals surface area contributed by atoms with Crippen molar-refractivity contribution < 1.29 is 18.7 Å². The summed E-state index contributed by atoms with van der Waals surface area (Å²) in [5, 5.41) is 0. The number of furan rings is 1. The summed E-state index contributed by atoms with van der Waals surface area (Å²) in [6.45, 7) is 0.294. The Morgan fingerprint density at radius 1 is 1.11 bits per heavy atom. The zero-order valence-electron chi connectivity index (χ0n) is 15.3. The molecule has 1 aliphatic carbocycles. The van der Waals surface area contributed by atoms with Gasteiger partial charge in [-0.2, -0.15) is 0 Å². The van der Waals surface area contributed by atoms with Gasteiger partial charge < -0.3 is 14.1 Å². The fourth-order valence-corrected chi connectivity index (χ4v) is 5.07. The van der Waals surface area contributed by atoms with E-state index in [2.05, 4.69) is 15.9 Å². The summed E-state index contributed by atoms with van der Waals surface area (Å²) in [6.07, 6.45) is 5.16. The molecule has 3 heterocycles. The Morgan fingerprint density at radius 2 is 1.96 bits per heavy atom. The maximum Gasteiger partial charge on any atom is 0.290 e. The van der Waals surface area contributed by atoms with E-state index in [9.17, 15) is 9.59 Å². The largest absolute Gasteiger partial charge is 0.483 e. The number of rotatable bonds is 3. The third kappa shape index (κ3) is 2.82. The van der Waals surface area contributed by atoms with Crippen LogP contribution in [0.2, 0.25) is 0 Å². The average molecular weight is 442 g/mol. The van der Waals surface area contributed by atoms with Gasteiger partial charge in [-0.3, -0.25) is 9.59 Å². The van der Waals surface area contributed by atoms with Crippen LogP contribution in [0.1, 0.15) is 43.0 Å². The number of carbonyl (C=O) groups is 2. The van der Waals surface area contributed by atoms with Crippen LogP contribution in [0.3, 0.4) is 0 Å². The van der Waals surface area contributed by atoms with Crippen LogP contribution in [0.15, 0.2) is 62.9 Å². The van der Waals surface area contributed by atoms with Crippen molar-refractivity contribution in [2.45, 2.75) is 44.4 Å². The number of halogens is 1. The van der Waals surface area contributed by atoms with E-state index in [-0.39, 0.29) is 29.5 Å². The first-order chi connectivity index (χ1) is 13.6. The van der Waals surface area contributed by atoms with Crippen molar-refractivity contribution in [3.05, 3.63) is 69.8 Å². The second-order valence-corrected chi connectivity index (χ2v) is 8.54. The standard InChI is InChI=1S/C22H20BrNO4/c23-14-6-3-5-13(11-14)19-18-20(25)16-8-1-2-9-17(16)28-21(18)22(26)24(19)12-15-7-4-10-27-15/h3-7,10-11,16-17,19H,1-2,8-9,12H2. The summed E-state index contributed by atoms with van der Waals surface area (Å²) in [7, 11) is 0. The first-order valence-corrected chi connectivity index (χ1v) is 10.5. The lowest BCUT2D eigenvalue weighted by molar-refractivity contribution is -0.135. The molecule has 0 N–H and O–H groups in total. The zero-order chi connectivity index (χ0) is 19.3. The summed E-state index contributed by atoms with van der Waals surface area (Å²) in [5.74, 6) is 0.626. The Hall–Kier alpha value is -2.34. The topological polar surface area (TPSA) is 59.8 Å². The van der Waals surface area contributed by atoms with Gasteiger partial charge in [-0.1, -0.05) is 34.5 Å². The van der Waals surface area contributed by atoms with Crippen LogP contribution >= 0.6 is 15.9 Å². The minimum Gasteiger partial charge on any atom is -0.483 e. The molecule has 1 saturated carbocycles. The molecule has 0 radical (unpaired) electrons. The van der Waals surface area contributed by atoms with Gasteiger partial charge in [-0.05, 0) is 49.1 Å². The molecule has 3 atom stereocenters. The lowest BCUT2D eigenvalue weighted by Gasteiger charge is -2.35. The van der Waals surface area contributed by atoms with Gasteiger partial charge in [0.2, 0.25) is 0 Å². The number of ether oxygens (including phenoxy) is 1. The molecule has 0 saturated heterocycles. The second kappa shape index (κ2) is 6.92. The molecule has 0 spiro atoms. The maximum atomic E-state index is 13.5. The molecular formula is C22H20BrNO4. The second-order valence-electron chi connectivity index (χ2n) is 7.62. The molecule has 144 valence electrons. The summed E-state index contributed by atoms with van der Waals surface area (Å²) in [4.78, 5) is 28.4. The Balaban J connectivity index is 1.60. The maximum absolute atomic E-state index is 13.5. The van der Waals surface area contributed by atoms with Crippen molar-refractivity contribution in [3.63, 3.8) is 0 Å². The lowest BCUT2D eigenvalue weighted by Crippen LogP contribution is -2.39. The molecule has 1 fully saturated rings. The number of amides is 1. The minimum absolute atomic E-state index is 0.0752. The number of hydrogen-bond acceptors (Lipinski definition) is 4. The normalized spacial score (nSPS) is 26.9. The van der Waals surface area contributed by atoms with E-state index < -0.39 is 6.04 Å². The van der Waals surface area contributed by atoms with Crippen LogP contribution in [-0.4, -0.2) is 22.7 Å². The average Bonchev–Trinajstić information content (AvgIpc) is 3.30. The smallest absolute Gasteiger partial charge is 0.290 e. The van der Waals surface area contributed by atoms with Crippen molar-refractivity contribution in [1.29, 1.82) is 0 Å². The van der Waals surface area contributed by atoms with Gasteiger partial charge in [0.05, 0.1) is 30.3 Å². The van der Waals surface area contributed by atoms with Gasteiger partial charge in [-0.25, -0.2) is 0 Å². The van der Waals surface area contributed by atoms with Gasteiger partial charge in [0, 0.05) is 4.47 Å².